The molecule has 0 atom stereocenters. The smallest absolute Gasteiger partial charge is 0.259 e. The number of hydrogen-bond acceptors (Lipinski definition) is 2. The van der Waals surface area contributed by atoms with E-state index in [1.807, 2.05) is 0 Å². The van der Waals surface area contributed by atoms with Gasteiger partial charge in [0, 0.05) is 5.56 Å². The van der Waals surface area contributed by atoms with E-state index in [0.717, 1.165) is 24.3 Å². The van der Waals surface area contributed by atoms with Crippen LogP contribution in [-0.4, -0.2) is 5.91 Å². The first-order chi connectivity index (χ1) is 10.0. The standard InChI is InChI=1S/C15H8F3NO2/c16-9-2-4-14-10(6-9)15(20)19-13(7-21-14)8-1-3-11(17)12(18)5-8/h1-7H,(H,19,20). The molecule has 6 heteroatoms. The Hall–Kier alpha value is -2.76. The van der Waals surface area contributed by atoms with Gasteiger partial charge in [-0.2, -0.15) is 0 Å². The average molecular weight is 291 g/mol. The highest BCUT2D eigenvalue weighted by Gasteiger charge is 2.20. The molecule has 1 amide bonds. The predicted molar refractivity (Wildman–Crippen MR) is 68.8 cm³/mol. The summed E-state index contributed by atoms with van der Waals surface area (Å²) in [5, 5.41) is 2.47. The Morgan fingerprint density at radius 1 is 0.952 bits per heavy atom. The van der Waals surface area contributed by atoms with Crippen molar-refractivity contribution in [1.82, 2.24) is 5.32 Å². The maximum absolute atomic E-state index is 13.2. The second-order valence-corrected chi connectivity index (χ2v) is 4.37. The molecule has 2 aromatic rings. The topological polar surface area (TPSA) is 38.3 Å². The molecule has 0 aromatic heterocycles. The summed E-state index contributed by atoms with van der Waals surface area (Å²) in [5.41, 5.74) is 0.398. The molecule has 0 bridgehead atoms. The Labute approximate surface area is 117 Å². The zero-order valence-corrected chi connectivity index (χ0v) is 10.5. The molecule has 3 nitrogen and oxygen atoms in total. The first-order valence-electron chi connectivity index (χ1n) is 5.98. The summed E-state index contributed by atoms with van der Waals surface area (Å²) in [6, 6.07) is 6.67. The number of halogens is 3. The third-order valence-electron chi connectivity index (χ3n) is 2.97. The number of carbonyl (C=O) groups is 1. The van der Waals surface area contributed by atoms with Crippen molar-refractivity contribution in [3.63, 3.8) is 0 Å². The van der Waals surface area contributed by atoms with E-state index in [4.69, 9.17) is 4.74 Å². The second-order valence-electron chi connectivity index (χ2n) is 4.37. The lowest BCUT2D eigenvalue weighted by molar-refractivity contribution is 0.0973. The lowest BCUT2D eigenvalue weighted by Crippen LogP contribution is -2.21. The van der Waals surface area contributed by atoms with Gasteiger partial charge < -0.3 is 10.1 Å². The minimum Gasteiger partial charge on any atom is -0.462 e. The number of fused-ring (bicyclic) bond motifs is 1. The molecule has 0 saturated heterocycles. The van der Waals surface area contributed by atoms with Crippen molar-refractivity contribution in [1.29, 1.82) is 0 Å². The number of hydrogen-bond donors (Lipinski definition) is 1. The summed E-state index contributed by atoms with van der Waals surface area (Å²) in [5.74, 6) is -3.05. The van der Waals surface area contributed by atoms with Gasteiger partial charge in [0.15, 0.2) is 11.6 Å². The molecule has 1 heterocycles. The third kappa shape index (κ3) is 2.47. The Morgan fingerprint density at radius 3 is 2.52 bits per heavy atom. The van der Waals surface area contributed by atoms with Crippen LogP contribution in [0.5, 0.6) is 5.75 Å². The highest BCUT2D eigenvalue weighted by Crippen LogP contribution is 2.25. The minimum atomic E-state index is -1.05. The molecule has 3 rings (SSSR count). The van der Waals surface area contributed by atoms with Gasteiger partial charge in [0.05, 0.1) is 11.3 Å². The lowest BCUT2D eigenvalue weighted by atomic mass is 10.1. The van der Waals surface area contributed by atoms with Crippen molar-refractivity contribution in [3.8, 4) is 5.75 Å². The molecular weight excluding hydrogens is 283 g/mol. The zero-order valence-electron chi connectivity index (χ0n) is 10.5. The summed E-state index contributed by atoms with van der Waals surface area (Å²) in [6.45, 7) is 0. The summed E-state index contributed by atoms with van der Waals surface area (Å²) >= 11 is 0. The highest BCUT2D eigenvalue weighted by molar-refractivity contribution is 6.02. The SMILES string of the molecule is O=C1NC(c2ccc(F)c(F)c2)=COc2ccc(F)cc21. The van der Waals surface area contributed by atoms with E-state index in [2.05, 4.69) is 5.32 Å². The first kappa shape index (κ1) is 13.2. The molecule has 1 aliphatic rings. The van der Waals surface area contributed by atoms with Crippen molar-refractivity contribution in [2.24, 2.45) is 0 Å². The Balaban J connectivity index is 1.99. The number of amides is 1. The normalized spacial score (nSPS) is 13.7. The monoisotopic (exact) mass is 291 g/mol. The largest absolute Gasteiger partial charge is 0.462 e. The van der Waals surface area contributed by atoms with Crippen LogP contribution in [0.4, 0.5) is 13.2 Å². The lowest BCUT2D eigenvalue weighted by Gasteiger charge is -2.07. The molecule has 0 saturated carbocycles. The molecule has 1 N–H and O–H groups in total. The van der Waals surface area contributed by atoms with Gasteiger partial charge in [-0.05, 0) is 36.4 Å². The molecule has 21 heavy (non-hydrogen) atoms. The van der Waals surface area contributed by atoms with Gasteiger partial charge in [0.2, 0.25) is 0 Å². The molecule has 0 unspecified atom stereocenters. The second kappa shape index (κ2) is 4.97. The van der Waals surface area contributed by atoms with Crippen LogP contribution in [0.2, 0.25) is 0 Å². The summed E-state index contributed by atoms with van der Waals surface area (Å²) in [4.78, 5) is 12.0. The van der Waals surface area contributed by atoms with Crippen molar-refractivity contribution < 1.29 is 22.7 Å². The van der Waals surface area contributed by atoms with Gasteiger partial charge in [-0.25, -0.2) is 13.2 Å². The van der Waals surface area contributed by atoms with Gasteiger partial charge in [0.25, 0.3) is 5.91 Å². The van der Waals surface area contributed by atoms with E-state index in [-0.39, 0.29) is 22.6 Å². The quantitative estimate of drug-likeness (QED) is 0.876. The van der Waals surface area contributed by atoms with E-state index in [1.54, 1.807) is 0 Å². The number of benzene rings is 2. The molecule has 1 aliphatic heterocycles. The average Bonchev–Trinajstić information content (AvgIpc) is 2.62. The van der Waals surface area contributed by atoms with Crippen molar-refractivity contribution in [3.05, 3.63) is 71.2 Å². The van der Waals surface area contributed by atoms with Crippen LogP contribution in [0.1, 0.15) is 15.9 Å². The fourth-order valence-electron chi connectivity index (χ4n) is 1.93. The number of rotatable bonds is 1. The van der Waals surface area contributed by atoms with Crippen molar-refractivity contribution >= 4 is 11.6 Å². The maximum atomic E-state index is 13.2. The van der Waals surface area contributed by atoms with Crippen LogP contribution >= 0.6 is 0 Å². The van der Waals surface area contributed by atoms with Crippen LogP contribution in [0.25, 0.3) is 5.70 Å². The number of ether oxygens (including phenoxy) is 1. The van der Waals surface area contributed by atoms with E-state index in [9.17, 15) is 18.0 Å². The molecule has 2 aromatic carbocycles. The highest BCUT2D eigenvalue weighted by atomic mass is 19.2. The van der Waals surface area contributed by atoms with E-state index < -0.39 is 23.4 Å². The first-order valence-corrected chi connectivity index (χ1v) is 5.98. The molecular formula is C15H8F3NO2. The molecule has 0 fully saturated rings. The summed E-state index contributed by atoms with van der Waals surface area (Å²) in [7, 11) is 0. The minimum absolute atomic E-state index is 0.0174. The van der Waals surface area contributed by atoms with Crippen LogP contribution in [0.3, 0.4) is 0 Å². The van der Waals surface area contributed by atoms with E-state index >= 15 is 0 Å². The molecule has 0 aliphatic carbocycles. The number of carbonyl (C=O) groups excluding carboxylic acids is 1. The van der Waals surface area contributed by atoms with Crippen LogP contribution < -0.4 is 10.1 Å². The summed E-state index contributed by atoms with van der Waals surface area (Å²) < 4.78 is 44.6. The fraction of sp³-hybridized carbons (Fsp3) is 0. The van der Waals surface area contributed by atoms with Crippen LogP contribution in [-0.2, 0) is 0 Å². The Bertz CT molecular complexity index is 772. The van der Waals surface area contributed by atoms with Gasteiger partial charge in [-0.1, -0.05) is 0 Å². The third-order valence-corrected chi connectivity index (χ3v) is 2.97. The Morgan fingerprint density at radius 2 is 1.76 bits per heavy atom. The number of nitrogens with one attached hydrogen (secondary N) is 1. The molecule has 106 valence electrons. The fourth-order valence-corrected chi connectivity index (χ4v) is 1.93. The maximum Gasteiger partial charge on any atom is 0.259 e. The van der Waals surface area contributed by atoms with Crippen LogP contribution in [0.15, 0.2) is 42.7 Å². The van der Waals surface area contributed by atoms with Gasteiger partial charge in [-0.3, -0.25) is 4.79 Å². The van der Waals surface area contributed by atoms with Crippen LogP contribution in [0, 0.1) is 17.5 Å². The Kier molecular flexibility index (Phi) is 3.13. The predicted octanol–water partition coefficient (Wildman–Crippen LogP) is 3.22. The van der Waals surface area contributed by atoms with E-state index in [1.165, 1.54) is 18.4 Å². The zero-order chi connectivity index (χ0) is 15.0. The van der Waals surface area contributed by atoms with Crippen molar-refractivity contribution in [2.75, 3.05) is 0 Å². The van der Waals surface area contributed by atoms with Gasteiger partial charge in [-0.15, -0.1) is 0 Å². The van der Waals surface area contributed by atoms with E-state index in [0.29, 0.717) is 0 Å². The molecule has 0 radical (unpaired) electrons. The van der Waals surface area contributed by atoms with Gasteiger partial charge >= 0.3 is 0 Å². The van der Waals surface area contributed by atoms with Crippen molar-refractivity contribution in [2.45, 2.75) is 0 Å². The van der Waals surface area contributed by atoms with Gasteiger partial charge in [0.1, 0.15) is 17.8 Å². The summed E-state index contributed by atoms with van der Waals surface area (Å²) in [6.07, 6.45) is 1.19. The molecule has 0 spiro atoms.